The van der Waals surface area contributed by atoms with Crippen LogP contribution in [0, 0.1) is 6.92 Å². The fraction of sp³-hybridized carbons (Fsp3) is 0.571. The predicted molar refractivity (Wildman–Crippen MR) is 81.2 cm³/mol. The van der Waals surface area contributed by atoms with Crippen LogP contribution in [0.2, 0.25) is 0 Å². The van der Waals surface area contributed by atoms with Gasteiger partial charge in [0.2, 0.25) is 0 Å². The molecule has 0 aromatic carbocycles. The molecule has 0 saturated carbocycles. The number of hydrogen-bond acceptors (Lipinski definition) is 6. The number of aryl methyl sites for hydroxylation is 1. The number of aromatic nitrogens is 5. The molecule has 0 bridgehead atoms. The monoisotopic (exact) mass is 307 g/mol. The summed E-state index contributed by atoms with van der Waals surface area (Å²) in [7, 11) is 0. The third kappa shape index (κ3) is 3.79. The summed E-state index contributed by atoms with van der Waals surface area (Å²) in [5.74, 6) is 1.71. The van der Waals surface area contributed by atoms with Crippen molar-refractivity contribution in [3.8, 4) is 0 Å². The highest BCUT2D eigenvalue weighted by molar-refractivity contribution is 7.99. The van der Waals surface area contributed by atoms with Crippen molar-refractivity contribution in [2.75, 3.05) is 0 Å². The molecule has 0 aliphatic heterocycles. The zero-order valence-electron chi connectivity index (χ0n) is 12.9. The summed E-state index contributed by atoms with van der Waals surface area (Å²) < 4.78 is 1.94. The lowest BCUT2D eigenvalue weighted by molar-refractivity contribution is 0.263. The highest BCUT2D eigenvalue weighted by Gasteiger charge is 2.14. The zero-order chi connectivity index (χ0) is 15.4. The van der Waals surface area contributed by atoms with Crippen LogP contribution in [0.5, 0.6) is 0 Å². The third-order valence-corrected chi connectivity index (χ3v) is 3.85. The van der Waals surface area contributed by atoms with Gasteiger partial charge in [-0.3, -0.25) is 0 Å². The van der Waals surface area contributed by atoms with Gasteiger partial charge in [-0.2, -0.15) is 0 Å². The Labute approximate surface area is 129 Å². The van der Waals surface area contributed by atoms with E-state index in [4.69, 9.17) is 0 Å². The number of nitrogens with zero attached hydrogens (tertiary/aromatic N) is 5. The first-order valence-electron chi connectivity index (χ1n) is 7.11. The van der Waals surface area contributed by atoms with Crippen LogP contribution in [0.4, 0.5) is 0 Å². The number of rotatable bonds is 6. The highest BCUT2D eigenvalue weighted by Crippen LogP contribution is 2.27. The Bertz CT molecular complexity index is 611. The van der Waals surface area contributed by atoms with Gasteiger partial charge in [0.05, 0.1) is 0 Å². The van der Waals surface area contributed by atoms with Crippen molar-refractivity contribution in [3.63, 3.8) is 0 Å². The molecule has 0 atom stereocenters. The van der Waals surface area contributed by atoms with E-state index >= 15 is 0 Å². The second-order valence-corrected chi connectivity index (χ2v) is 6.16. The van der Waals surface area contributed by atoms with Gasteiger partial charge < -0.3 is 9.67 Å². The van der Waals surface area contributed by atoms with Crippen LogP contribution in [-0.2, 0) is 13.2 Å². The molecule has 2 aromatic rings. The van der Waals surface area contributed by atoms with Crippen molar-refractivity contribution in [1.29, 1.82) is 0 Å². The van der Waals surface area contributed by atoms with Gasteiger partial charge in [0.25, 0.3) is 0 Å². The van der Waals surface area contributed by atoms with Gasteiger partial charge in [-0.25, -0.2) is 9.97 Å². The Morgan fingerprint density at radius 1 is 1.29 bits per heavy atom. The fourth-order valence-electron chi connectivity index (χ4n) is 1.93. The van der Waals surface area contributed by atoms with Gasteiger partial charge >= 0.3 is 0 Å². The van der Waals surface area contributed by atoms with Gasteiger partial charge in [0.15, 0.2) is 11.0 Å². The maximum atomic E-state index is 9.33. The van der Waals surface area contributed by atoms with Crippen LogP contribution in [-0.4, -0.2) is 29.8 Å². The van der Waals surface area contributed by atoms with Crippen LogP contribution < -0.4 is 0 Å². The first-order valence-corrected chi connectivity index (χ1v) is 7.93. The second-order valence-electron chi connectivity index (χ2n) is 5.17. The fourth-order valence-corrected chi connectivity index (χ4v) is 2.87. The number of aliphatic hydroxyl groups excluding tert-OH is 1. The lowest BCUT2D eigenvalue weighted by Gasteiger charge is -2.09. The smallest absolute Gasteiger partial charge is 0.197 e. The molecule has 0 aliphatic rings. The topological polar surface area (TPSA) is 76.7 Å². The van der Waals surface area contributed by atoms with Gasteiger partial charge in [0, 0.05) is 18.2 Å². The number of aliphatic hydroxyl groups is 1. The standard InChI is InChI=1S/C14H21N5OS/c1-5-6-19-11(8-20)17-18-14(19)21-12-7-10(4)15-13(16-12)9(2)3/h7,9,20H,5-6,8H2,1-4H3. The Hall–Kier alpha value is -1.47. The van der Waals surface area contributed by atoms with Crippen LogP contribution >= 0.6 is 11.8 Å². The lowest BCUT2D eigenvalue weighted by Crippen LogP contribution is -2.05. The van der Waals surface area contributed by atoms with Crippen molar-refractivity contribution < 1.29 is 5.11 Å². The lowest BCUT2D eigenvalue weighted by atomic mass is 10.2. The van der Waals surface area contributed by atoms with Gasteiger partial charge in [0.1, 0.15) is 17.5 Å². The number of hydrogen-bond donors (Lipinski definition) is 1. The van der Waals surface area contributed by atoms with Crippen molar-refractivity contribution in [1.82, 2.24) is 24.7 Å². The van der Waals surface area contributed by atoms with Crippen LogP contribution in [0.3, 0.4) is 0 Å². The molecule has 0 saturated heterocycles. The average Bonchev–Trinajstić information content (AvgIpc) is 2.81. The third-order valence-electron chi connectivity index (χ3n) is 2.94. The summed E-state index contributed by atoms with van der Waals surface area (Å²) in [5.41, 5.74) is 0.945. The summed E-state index contributed by atoms with van der Waals surface area (Å²) in [4.78, 5) is 9.02. The highest BCUT2D eigenvalue weighted by atomic mass is 32.2. The Morgan fingerprint density at radius 2 is 2.05 bits per heavy atom. The Morgan fingerprint density at radius 3 is 2.67 bits per heavy atom. The maximum Gasteiger partial charge on any atom is 0.197 e. The Balaban J connectivity index is 2.31. The summed E-state index contributed by atoms with van der Waals surface area (Å²) in [6.07, 6.45) is 0.957. The molecule has 6 nitrogen and oxygen atoms in total. The average molecular weight is 307 g/mol. The summed E-state index contributed by atoms with van der Waals surface area (Å²) in [6, 6.07) is 1.94. The first-order chi connectivity index (χ1) is 10.0. The zero-order valence-corrected chi connectivity index (χ0v) is 13.7. The second kappa shape index (κ2) is 7.00. The van der Waals surface area contributed by atoms with Crippen LogP contribution in [0.15, 0.2) is 16.2 Å². The minimum atomic E-state index is -0.104. The molecule has 0 fully saturated rings. The van der Waals surface area contributed by atoms with E-state index in [1.165, 1.54) is 11.8 Å². The molecule has 0 spiro atoms. The van der Waals surface area contributed by atoms with Crippen LogP contribution in [0.25, 0.3) is 0 Å². The van der Waals surface area contributed by atoms with E-state index in [-0.39, 0.29) is 12.5 Å². The van der Waals surface area contributed by atoms with Crippen LogP contribution in [0.1, 0.15) is 50.5 Å². The van der Waals surface area contributed by atoms with Crippen molar-refractivity contribution in [2.45, 2.75) is 63.4 Å². The molecule has 2 heterocycles. The molecule has 114 valence electrons. The summed E-state index contributed by atoms with van der Waals surface area (Å²) >= 11 is 1.46. The SMILES string of the molecule is CCCn1c(CO)nnc1Sc1cc(C)nc(C(C)C)n1. The molecule has 2 aromatic heterocycles. The van der Waals surface area contributed by atoms with E-state index in [2.05, 4.69) is 40.9 Å². The van der Waals surface area contributed by atoms with Crippen molar-refractivity contribution in [2.24, 2.45) is 0 Å². The molecule has 1 N–H and O–H groups in total. The van der Waals surface area contributed by atoms with E-state index in [1.54, 1.807) is 0 Å². The molecular weight excluding hydrogens is 286 g/mol. The predicted octanol–water partition coefficient (Wildman–Crippen LogP) is 2.55. The normalized spacial score (nSPS) is 11.3. The van der Waals surface area contributed by atoms with E-state index in [1.807, 2.05) is 17.6 Å². The summed E-state index contributed by atoms with van der Waals surface area (Å²) in [6.45, 7) is 8.88. The van der Waals surface area contributed by atoms with Crippen molar-refractivity contribution in [3.05, 3.63) is 23.4 Å². The molecule has 2 rings (SSSR count). The molecule has 0 amide bonds. The molecule has 21 heavy (non-hydrogen) atoms. The van der Waals surface area contributed by atoms with E-state index < -0.39 is 0 Å². The van der Waals surface area contributed by atoms with Gasteiger partial charge in [-0.05, 0) is 31.2 Å². The largest absolute Gasteiger partial charge is 0.388 e. The minimum Gasteiger partial charge on any atom is -0.388 e. The molecule has 0 radical (unpaired) electrons. The van der Waals surface area contributed by atoms with Gasteiger partial charge in [-0.1, -0.05) is 20.8 Å². The minimum absolute atomic E-state index is 0.104. The molecule has 7 heteroatoms. The quantitative estimate of drug-likeness (QED) is 0.827. The molecular formula is C14H21N5OS. The summed E-state index contributed by atoms with van der Waals surface area (Å²) in [5, 5.41) is 19.1. The maximum absolute atomic E-state index is 9.33. The molecule has 0 aliphatic carbocycles. The Kier molecular flexibility index (Phi) is 5.30. The molecule has 0 unspecified atom stereocenters. The van der Waals surface area contributed by atoms with Gasteiger partial charge in [-0.15, -0.1) is 10.2 Å². The van der Waals surface area contributed by atoms with E-state index in [0.717, 1.165) is 34.7 Å². The van der Waals surface area contributed by atoms with E-state index in [0.29, 0.717) is 5.82 Å². The first kappa shape index (κ1) is 15.9. The van der Waals surface area contributed by atoms with Crippen molar-refractivity contribution >= 4 is 11.8 Å². The van der Waals surface area contributed by atoms with E-state index in [9.17, 15) is 5.11 Å².